The Morgan fingerprint density at radius 3 is 2.33 bits per heavy atom. The molecule has 0 fully saturated rings. The lowest BCUT2D eigenvalue weighted by Gasteiger charge is -2.21. The second kappa shape index (κ2) is 7.49. The number of carbonyl (C=O) groups is 2. The van der Waals surface area contributed by atoms with Crippen LogP contribution in [-0.4, -0.2) is 26.7 Å². The van der Waals surface area contributed by atoms with Crippen LogP contribution in [0.3, 0.4) is 0 Å². The van der Waals surface area contributed by atoms with E-state index in [1.165, 1.54) is 6.92 Å². The Morgan fingerprint density at radius 2 is 1.70 bits per heavy atom. The Hall–Kier alpha value is -3.35. The van der Waals surface area contributed by atoms with E-state index < -0.39 is 6.04 Å². The maximum Gasteiger partial charge on any atom is 0.278 e. The summed E-state index contributed by atoms with van der Waals surface area (Å²) in [5.74, 6) is -0.604. The number of aromatic nitrogens is 3. The van der Waals surface area contributed by atoms with Crippen molar-refractivity contribution in [2.75, 3.05) is 5.32 Å². The molecule has 1 amide bonds. The Kier molecular flexibility index (Phi) is 5.12. The molecular formula is C20H20N4O3. The summed E-state index contributed by atoms with van der Waals surface area (Å²) in [6.07, 6.45) is 0. The number of hydrogen-bond donors (Lipinski definition) is 1. The Bertz CT molecular complexity index is 1050. The summed E-state index contributed by atoms with van der Waals surface area (Å²) in [7, 11) is 0. The quantitative estimate of drug-likeness (QED) is 0.703. The number of amides is 1. The zero-order valence-electron chi connectivity index (χ0n) is 15.3. The maximum atomic E-state index is 12.9. The van der Waals surface area contributed by atoms with Crippen molar-refractivity contribution < 1.29 is 9.59 Å². The van der Waals surface area contributed by atoms with Crippen molar-refractivity contribution in [1.82, 2.24) is 15.0 Å². The van der Waals surface area contributed by atoms with Crippen LogP contribution in [0.4, 0.5) is 5.69 Å². The molecule has 138 valence electrons. The van der Waals surface area contributed by atoms with Crippen molar-refractivity contribution in [2.24, 2.45) is 5.92 Å². The number of Topliss-reactive ketones (excluding diaryl/α,β-unsaturated/α-hetero) is 1. The van der Waals surface area contributed by atoms with Gasteiger partial charge in [-0.15, -0.1) is 5.10 Å². The Balaban J connectivity index is 1.93. The van der Waals surface area contributed by atoms with Gasteiger partial charge >= 0.3 is 0 Å². The van der Waals surface area contributed by atoms with Gasteiger partial charge in [-0.25, -0.2) is 0 Å². The summed E-state index contributed by atoms with van der Waals surface area (Å²) >= 11 is 0. The van der Waals surface area contributed by atoms with E-state index in [9.17, 15) is 14.4 Å². The summed E-state index contributed by atoms with van der Waals surface area (Å²) in [4.78, 5) is 37.0. The van der Waals surface area contributed by atoms with Gasteiger partial charge in [0.1, 0.15) is 11.6 Å². The fourth-order valence-electron chi connectivity index (χ4n) is 2.88. The third-order valence-electron chi connectivity index (χ3n) is 4.31. The van der Waals surface area contributed by atoms with Gasteiger partial charge in [-0.2, -0.15) is 4.68 Å². The number of carbonyl (C=O) groups excluding carboxylic acids is 2. The average molecular weight is 364 g/mol. The first-order valence-electron chi connectivity index (χ1n) is 8.64. The summed E-state index contributed by atoms with van der Waals surface area (Å²) in [5.41, 5.74) is 1.23. The SMILES string of the molecule is CC(=O)c1ccc(NC(=O)C(C(C)C)n2nnc3ccccc3c2=O)cc1. The van der Waals surface area contributed by atoms with Crippen LogP contribution in [0.15, 0.2) is 53.3 Å². The third-order valence-corrected chi connectivity index (χ3v) is 4.31. The number of fused-ring (bicyclic) bond motifs is 1. The van der Waals surface area contributed by atoms with Crippen LogP contribution in [0, 0.1) is 5.92 Å². The van der Waals surface area contributed by atoms with Gasteiger partial charge in [-0.3, -0.25) is 14.4 Å². The lowest BCUT2D eigenvalue weighted by atomic mass is 10.0. The lowest BCUT2D eigenvalue weighted by Crippen LogP contribution is -2.38. The number of rotatable bonds is 5. The maximum absolute atomic E-state index is 12.9. The number of nitrogens with zero attached hydrogens (tertiary/aromatic N) is 3. The van der Waals surface area contributed by atoms with Gasteiger partial charge in [0, 0.05) is 11.3 Å². The van der Waals surface area contributed by atoms with Crippen LogP contribution >= 0.6 is 0 Å². The van der Waals surface area contributed by atoms with Crippen LogP contribution in [0.1, 0.15) is 37.2 Å². The molecule has 1 unspecified atom stereocenters. The number of benzene rings is 2. The van der Waals surface area contributed by atoms with Crippen molar-refractivity contribution >= 4 is 28.3 Å². The molecule has 3 aromatic rings. The van der Waals surface area contributed by atoms with Gasteiger partial charge in [0.25, 0.3) is 5.56 Å². The highest BCUT2D eigenvalue weighted by atomic mass is 16.2. The van der Waals surface area contributed by atoms with Crippen molar-refractivity contribution in [3.63, 3.8) is 0 Å². The van der Waals surface area contributed by atoms with Crippen molar-refractivity contribution in [1.29, 1.82) is 0 Å². The molecule has 0 aliphatic rings. The van der Waals surface area contributed by atoms with E-state index in [1.807, 2.05) is 13.8 Å². The smallest absolute Gasteiger partial charge is 0.278 e. The number of hydrogen-bond acceptors (Lipinski definition) is 5. The van der Waals surface area contributed by atoms with Crippen LogP contribution in [-0.2, 0) is 4.79 Å². The van der Waals surface area contributed by atoms with Gasteiger partial charge in [0.05, 0.1) is 5.39 Å². The van der Waals surface area contributed by atoms with Crippen molar-refractivity contribution in [3.8, 4) is 0 Å². The van der Waals surface area contributed by atoms with E-state index in [-0.39, 0.29) is 23.2 Å². The molecule has 2 aromatic carbocycles. The third kappa shape index (κ3) is 3.76. The summed E-state index contributed by atoms with van der Waals surface area (Å²) in [6, 6.07) is 12.7. The standard InChI is InChI=1S/C20H20N4O3/c1-12(2)18(19(26)21-15-10-8-14(9-11-15)13(3)25)24-20(27)16-6-4-5-7-17(16)22-23-24/h4-12,18H,1-3H3,(H,21,26). The van der Waals surface area contributed by atoms with Crippen molar-refractivity contribution in [2.45, 2.75) is 26.8 Å². The lowest BCUT2D eigenvalue weighted by molar-refractivity contribution is -0.120. The second-order valence-electron chi connectivity index (χ2n) is 6.67. The number of anilines is 1. The second-order valence-corrected chi connectivity index (χ2v) is 6.67. The zero-order chi connectivity index (χ0) is 19.6. The highest BCUT2D eigenvalue weighted by Gasteiger charge is 2.27. The summed E-state index contributed by atoms with van der Waals surface area (Å²) in [5, 5.41) is 11.2. The molecule has 3 rings (SSSR count). The highest BCUT2D eigenvalue weighted by Crippen LogP contribution is 2.19. The van der Waals surface area contributed by atoms with Gasteiger partial charge in [-0.05, 0) is 49.2 Å². The molecule has 0 aliphatic heterocycles. The van der Waals surface area contributed by atoms with Crippen molar-refractivity contribution in [3.05, 3.63) is 64.4 Å². The molecule has 0 radical (unpaired) electrons. The van der Waals surface area contributed by atoms with E-state index >= 15 is 0 Å². The zero-order valence-corrected chi connectivity index (χ0v) is 15.3. The predicted octanol–water partition coefficient (Wildman–Crippen LogP) is 2.83. The van der Waals surface area contributed by atoms with E-state index in [4.69, 9.17) is 0 Å². The van der Waals surface area contributed by atoms with E-state index in [2.05, 4.69) is 15.6 Å². The monoisotopic (exact) mass is 364 g/mol. The summed E-state index contributed by atoms with van der Waals surface area (Å²) < 4.78 is 1.13. The van der Waals surface area contributed by atoms with Crippen LogP contribution < -0.4 is 10.9 Å². The van der Waals surface area contributed by atoms with E-state index in [0.717, 1.165) is 4.68 Å². The molecule has 1 atom stereocenters. The molecule has 1 N–H and O–H groups in total. The number of ketones is 1. The average Bonchev–Trinajstić information content (AvgIpc) is 2.64. The molecule has 7 heteroatoms. The molecule has 7 nitrogen and oxygen atoms in total. The fraction of sp³-hybridized carbons (Fsp3) is 0.250. The Labute approximate surface area is 156 Å². The minimum atomic E-state index is -0.818. The molecule has 0 saturated carbocycles. The predicted molar refractivity (Wildman–Crippen MR) is 103 cm³/mol. The first-order chi connectivity index (χ1) is 12.9. The number of nitrogens with one attached hydrogen (secondary N) is 1. The van der Waals surface area contributed by atoms with E-state index in [1.54, 1.807) is 48.5 Å². The van der Waals surface area contributed by atoms with Gasteiger partial charge in [-0.1, -0.05) is 31.2 Å². The minimum Gasteiger partial charge on any atom is -0.324 e. The molecule has 0 spiro atoms. The molecule has 1 aromatic heterocycles. The van der Waals surface area contributed by atoms with Crippen LogP contribution in [0.2, 0.25) is 0 Å². The first kappa shape index (κ1) is 18.4. The minimum absolute atomic E-state index is 0.0501. The van der Waals surface area contributed by atoms with Gasteiger partial charge < -0.3 is 5.32 Å². The molecule has 0 bridgehead atoms. The molecular weight excluding hydrogens is 344 g/mol. The fourth-order valence-corrected chi connectivity index (χ4v) is 2.88. The largest absolute Gasteiger partial charge is 0.324 e. The Morgan fingerprint density at radius 1 is 1.04 bits per heavy atom. The topological polar surface area (TPSA) is 93.9 Å². The van der Waals surface area contributed by atoms with Crippen LogP contribution in [0.25, 0.3) is 10.9 Å². The highest BCUT2D eigenvalue weighted by molar-refractivity contribution is 5.96. The summed E-state index contributed by atoms with van der Waals surface area (Å²) in [6.45, 7) is 5.16. The molecule has 27 heavy (non-hydrogen) atoms. The van der Waals surface area contributed by atoms with Gasteiger partial charge in [0.2, 0.25) is 5.91 Å². The van der Waals surface area contributed by atoms with Crippen LogP contribution in [0.5, 0.6) is 0 Å². The molecule has 0 aliphatic carbocycles. The van der Waals surface area contributed by atoms with Gasteiger partial charge in [0.15, 0.2) is 5.78 Å². The first-order valence-corrected chi connectivity index (χ1v) is 8.64. The normalized spacial score (nSPS) is 12.1. The molecule has 0 saturated heterocycles. The molecule has 1 heterocycles. The van der Waals surface area contributed by atoms with E-state index in [0.29, 0.717) is 22.2 Å².